The molecule has 1 aromatic rings. The highest BCUT2D eigenvalue weighted by atomic mass is 32.2. The molecule has 0 spiro atoms. The van der Waals surface area contributed by atoms with E-state index in [9.17, 15) is 0 Å². The second-order valence-corrected chi connectivity index (χ2v) is 6.18. The first kappa shape index (κ1) is 12.7. The lowest BCUT2D eigenvalue weighted by Gasteiger charge is -2.18. The fraction of sp³-hybridized carbons (Fsp3) is 0.538. The second kappa shape index (κ2) is 5.76. The van der Waals surface area contributed by atoms with Crippen LogP contribution in [-0.4, -0.2) is 17.6 Å². The number of benzene rings is 1. The lowest BCUT2D eigenvalue weighted by molar-refractivity contribution is 0.356. The Kier molecular flexibility index (Phi) is 4.31. The molecule has 0 fully saturated rings. The predicted molar refractivity (Wildman–Crippen MR) is 73.3 cm³/mol. The van der Waals surface area contributed by atoms with Crippen LogP contribution in [0.4, 0.5) is 0 Å². The van der Waals surface area contributed by atoms with E-state index in [1.54, 1.807) is 0 Å². The van der Waals surface area contributed by atoms with E-state index in [0.29, 0.717) is 5.25 Å². The minimum atomic E-state index is 0.216. The van der Waals surface area contributed by atoms with Crippen molar-refractivity contribution >= 4 is 11.8 Å². The molecule has 1 unspecified atom stereocenters. The van der Waals surface area contributed by atoms with E-state index in [-0.39, 0.29) is 6.04 Å². The summed E-state index contributed by atoms with van der Waals surface area (Å²) in [6.45, 7) is 5.21. The number of nitrogens with two attached hydrogens (primary N) is 1. The Balaban J connectivity index is 2.08. The monoisotopic (exact) mass is 252 g/mol. The van der Waals surface area contributed by atoms with Crippen molar-refractivity contribution < 1.29 is 4.74 Å². The number of hydrazine groups is 1. The topological polar surface area (TPSA) is 47.3 Å². The Morgan fingerprint density at radius 1 is 1.47 bits per heavy atom. The summed E-state index contributed by atoms with van der Waals surface area (Å²) < 4.78 is 5.51. The van der Waals surface area contributed by atoms with Gasteiger partial charge in [0, 0.05) is 12.2 Å². The Morgan fingerprint density at radius 2 is 2.29 bits per heavy atom. The molecule has 1 atom stereocenters. The van der Waals surface area contributed by atoms with Crippen molar-refractivity contribution in [3.05, 3.63) is 29.3 Å². The van der Waals surface area contributed by atoms with Gasteiger partial charge in [0.15, 0.2) is 0 Å². The van der Waals surface area contributed by atoms with E-state index in [1.807, 2.05) is 11.8 Å². The summed E-state index contributed by atoms with van der Waals surface area (Å²) in [5, 5.41) is 0.628. The van der Waals surface area contributed by atoms with Crippen LogP contribution in [0.3, 0.4) is 0 Å². The van der Waals surface area contributed by atoms with Crippen LogP contribution in [0.25, 0.3) is 0 Å². The molecule has 0 amide bonds. The minimum absolute atomic E-state index is 0.216. The Morgan fingerprint density at radius 3 is 3.00 bits per heavy atom. The standard InChI is InChI=1S/C13H20N2OS/c1-9(2)17-8-12(15-14)10-3-4-13-11(7-10)5-6-16-13/h3-4,7,9,12,15H,5-6,8,14H2,1-2H3. The van der Waals surface area contributed by atoms with Gasteiger partial charge in [-0.15, -0.1) is 0 Å². The van der Waals surface area contributed by atoms with Gasteiger partial charge in [-0.3, -0.25) is 11.3 Å². The van der Waals surface area contributed by atoms with E-state index in [1.165, 1.54) is 11.1 Å². The summed E-state index contributed by atoms with van der Waals surface area (Å²) >= 11 is 1.92. The zero-order valence-electron chi connectivity index (χ0n) is 10.4. The highest BCUT2D eigenvalue weighted by Crippen LogP contribution is 2.29. The van der Waals surface area contributed by atoms with Gasteiger partial charge in [-0.2, -0.15) is 11.8 Å². The molecule has 1 aromatic carbocycles. The Labute approximate surface area is 107 Å². The van der Waals surface area contributed by atoms with Crippen molar-refractivity contribution in [1.29, 1.82) is 0 Å². The van der Waals surface area contributed by atoms with Crippen LogP contribution in [0, 0.1) is 0 Å². The third-order valence-electron chi connectivity index (χ3n) is 2.91. The van der Waals surface area contributed by atoms with Gasteiger partial charge in [0.2, 0.25) is 0 Å². The fourth-order valence-electron chi connectivity index (χ4n) is 1.95. The molecule has 3 N–H and O–H groups in total. The summed E-state index contributed by atoms with van der Waals surface area (Å²) in [5.74, 6) is 7.66. The van der Waals surface area contributed by atoms with Crippen LogP contribution in [0.1, 0.15) is 31.0 Å². The van der Waals surface area contributed by atoms with Gasteiger partial charge in [0.1, 0.15) is 5.75 Å². The number of ether oxygens (including phenoxy) is 1. The Hall–Kier alpha value is -0.710. The fourth-order valence-corrected chi connectivity index (χ4v) is 2.82. The van der Waals surface area contributed by atoms with Crippen molar-refractivity contribution in [3.8, 4) is 5.75 Å². The first-order chi connectivity index (χ1) is 8.20. The van der Waals surface area contributed by atoms with Gasteiger partial charge < -0.3 is 4.74 Å². The van der Waals surface area contributed by atoms with Gasteiger partial charge >= 0.3 is 0 Å². The van der Waals surface area contributed by atoms with Gasteiger partial charge in [-0.05, 0) is 22.4 Å². The molecule has 1 heterocycles. The smallest absolute Gasteiger partial charge is 0.122 e. The first-order valence-corrected chi connectivity index (χ1v) is 7.09. The van der Waals surface area contributed by atoms with E-state index >= 15 is 0 Å². The van der Waals surface area contributed by atoms with Crippen LogP contribution >= 0.6 is 11.8 Å². The summed E-state index contributed by atoms with van der Waals surface area (Å²) in [7, 11) is 0. The maximum atomic E-state index is 5.64. The molecule has 0 bridgehead atoms. The van der Waals surface area contributed by atoms with Gasteiger partial charge in [0.05, 0.1) is 12.6 Å². The predicted octanol–water partition coefficient (Wildman–Crippen LogP) is 2.27. The number of thioether (sulfide) groups is 1. The average Bonchev–Trinajstić information content (AvgIpc) is 2.76. The molecule has 0 saturated heterocycles. The molecule has 3 nitrogen and oxygen atoms in total. The number of rotatable bonds is 5. The zero-order valence-corrected chi connectivity index (χ0v) is 11.2. The third-order valence-corrected chi connectivity index (χ3v) is 4.11. The molecule has 0 aliphatic carbocycles. The first-order valence-electron chi connectivity index (χ1n) is 6.04. The maximum absolute atomic E-state index is 5.64. The molecule has 0 saturated carbocycles. The molecule has 1 aliphatic heterocycles. The van der Waals surface area contributed by atoms with Crippen LogP contribution in [0.15, 0.2) is 18.2 Å². The summed E-state index contributed by atoms with van der Waals surface area (Å²) in [4.78, 5) is 0. The van der Waals surface area contributed by atoms with Crippen LogP contribution < -0.4 is 16.0 Å². The number of nitrogens with one attached hydrogen (secondary N) is 1. The maximum Gasteiger partial charge on any atom is 0.122 e. The second-order valence-electron chi connectivity index (χ2n) is 4.57. The molecule has 0 radical (unpaired) electrons. The molecule has 0 aromatic heterocycles. The van der Waals surface area contributed by atoms with Crippen LogP contribution in [0.2, 0.25) is 0 Å². The van der Waals surface area contributed by atoms with Gasteiger partial charge in [0.25, 0.3) is 0 Å². The van der Waals surface area contributed by atoms with Crippen molar-refractivity contribution in [1.82, 2.24) is 5.43 Å². The number of hydrogen-bond donors (Lipinski definition) is 2. The lowest BCUT2D eigenvalue weighted by atomic mass is 10.0. The normalized spacial score (nSPS) is 15.8. The van der Waals surface area contributed by atoms with Crippen LogP contribution in [0.5, 0.6) is 5.75 Å². The molecular weight excluding hydrogens is 232 g/mol. The molecule has 94 valence electrons. The largest absolute Gasteiger partial charge is 0.493 e. The number of hydrogen-bond acceptors (Lipinski definition) is 4. The molecule has 4 heteroatoms. The van der Waals surface area contributed by atoms with Gasteiger partial charge in [-0.25, -0.2) is 0 Å². The molecular formula is C13H20N2OS. The molecule has 1 aliphatic rings. The zero-order chi connectivity index (χ0) is 12.3. The average molecular weight is 252 g/mol. The van der Waals surface area contributed by atoms with E-state index in [2.05, 4.69) is 37.5 Å². The summed E-state index contributed by atoms with van der Waals surface area (Å²) in [5.41, 5.74) is 5.46. The SMILES string of the molecule is CC(C)SCC(NN)c1ccc2c(c1)CCO2. The van der Waals surface area contributed by atoms with E-state index < -0.39 is 0 Å². The minimum Gasteiger partial charge on any atom is -0.493 e. The summed E-state index contributed by atoms with van der Waals surface area (Å²) in [6, 6.07) is 6.60. The molecule has 17 heavy (non-hydrogen) atoms. The molecule has 2 rings (SSSR count). The van der Waals surface area contributed by atoms with Gasteiger partial charge in [-0.1, -0.05) is 26.0 Å². The van der Waals surface area contributed by atoms with Crippen LogP contribution in [-0.2, 0) is 6.42 Å². The van der Waals surface area contributed by atoms with Crippen molar-refractivity contribution in [2.75, 3.05) is 12.4 Å². The van der Waals surface area contributed by atoms with E-state index in [0.717, 1.165) is 24.5 Å². The summed E-state index contributed by atoms with van der Waals surface area (Å²) in [6.07, 6.45) is 1.01. The highest BCUT2D eigenvalue weighted by molar-refractivity contribution is 7.99. The quantitative estimate of drug-likeness (QED) is 0.623. The highest BCUT2D eigenvalue weighted by Gasteiger charge is 2.16. The van der Waals surface area contributed by atoms with Crippen molar-refractivity contribution in [2.45, 2.75) is 31.6 Å². The number of fused-ring (bicyclic) bond motifs is 1. The van der Waals surface area contributed by atoms with Crippen molar-refractivity contribution in [3.63, 3.8) is 0 Å². The lowest BCUT2D eigenvalue weighted by Crippen LogP contribution is -2.30. The van der Waals surface area contributed by atoms with E-state index in [4.69, 9.17) is 10.6 Å². The Bertz CT molecular complexity index is 382. The van der Waals surface area contributed by atoms with Crippen molar-refractivity contribution in [2.24, 2.45) is 5.84 Å². The third kappa shape index (κ3) is 3.15.